The molecule has 0 atom stereocenters. The van der Waals surface area contributed by atoms with Gasteiger partial charge in [0.2, 0.25) is 0 Å². The Hall–Kier alpha value is -0.930. The van der Waals surface area contributed by atoms with Crippen LogP contribution in [0.1, 0.15) is 18.4 Å². The average molecular weight is 221 g/mol. The molecule has 0 aromatic heterocycles. The molecule has 1 spiro atoms. The molecule has 16 heavy (non-hydrogen) atoms. The Labute approximate surface area is 95.0 Å². The van der Waals surface area contributed by atoms with Crippen LogP contribution in [0.5, 0.6) is 0 Å². The van der Waals surface area contributed by atoms with E-state index < -0.39 is 0 Å². The van der Waals surface area contributed by atoms with E-state index in [2.05, 4.69) is 4.90 Å². The lowest BCUT2D eigenvalue weighted by Gasteiger charge is -2.30. The van der Waals surface area contributed by atoms with E-state index in [1.54, 1.807) is 0 Å². The van der Waals surface area contributed by atoms with Gasteiger partial charge in [-0.1, -0.05) is 12.1 Å². The van der Waals surface area contributed by atoms with E-state index in [0.717, 1.165) is 39.1 Å². The molecule has 2 aliphatic rings. The fraction of sp³-hybridized carbons (Fsp3) is 0.538. The maximum absolute atomic E-state index is 12.7. The van der Waals surface area contributed by atoms with Crippen molar-refractivity contribution < 1.29 is 9.13 Å². The first-order chi connectivity index (χ1) is 7.76. The van der Waals surface area contributed by atoms with Crippen molar-refractivity contribution >= 4 is 0 Å². The number of hydrogen-bond donors (Lipinski definition) is 0. The molecule has 3 rings (SSSR count). The maximum atomic E-state index is 12.7. The standard InChI is InChI=1S/C13H16FNO/c14-12-3-1-11(2-4-12)9-15-7-5-13(6-8-15)10-16-13/h1-4H,5-10H2. The third-order valence-electron chi connectivity index (χ3n) is 3.64. The zero-order chi connectivity index (χ0) is 11.0. The number of halogens is 1. The second kappa shape index (κ2) is 3.82. The van der Waals surface area contributed by atoms with Crippen molar-refractivity contribution in [2.24, 2.45) is 0 Å². The number of likely N-dealkylation sites (tertiary alicyclic amines) is 1. The minimum absolute atomic E-state index is 0.160. The number of hydrogen-bond acceptors (Lipinski definition) is 2. The Balaban J connectivity index is 1.57. The van der Waals surface area contributed by atoms with Crippen LogP contribution in [0, 0.1) is 5.82 Å². The summed E-state index contributed by atoms with van der Waals surface area (Å²) in [5, 5.41) is 0. The Bertz CT molecular complexity index is 362. The van der Waals surface area contributed by atoms with Gasteiger partial charge < -0.3 is 4.74 Å². The molecular weight excluding hydrogens is 205 g/mol. The molecule has 2 aliphatic heterocycles. The number of nitrogens with zero attached hydrogens (tertiary/aromatic N) is 1. The van der Waals surface area contributed by atoms with Crippen LogP contribution in [-0.2, 0) is 11.3 Å². The monoisotopic (exact) mass is 221 g/mol. The summed E-state index contributed by atoms with van der Waals surface area (Å²) in [6.07, 6.45) is 2.29. The predicted octanol–water partition coefficient (Wildman–Crippen LogP) is 2.19. The third kappa shape index (κ3) is 2.11. The highest BCUT2D eigenvalue weighted by Gasteiger charge is 2.46. The molecule has 2 heterocycles. The van der Waals surface area contributed by atoms with Crippen LogP contribution >= 0.6 is 0 Å². The lowest BCUT2D eigenvalue weighted by molar-refractivity contribution is 0.141. The van der Waals surface area contributed by atoms with Gasteiger partial charge in [-0.15, -0.1) is 0 Å². The fourth-order valence-corrected chi connectivity index (χ4v) is 2.36. The Morgan fingerprint density at radius 3 is 2.38 bits per heavy atom. The van der Waals surface area contributed by atoms with Crippen LogP contribution in [0.25, 0.3) is 0 Å². The number of rotatable bonds is 2. The van der Waals surface area contributed by atoms with Gasteiger partial charge in [0.1, 0.15) is 5.82 Å². The van der Waals surface area contributed by atoms with E-state index in [0.29, 0.717) is 0 Å². The smallest absolute Gasteiger partial charge is 0.123 e. The van der Waals surface area contributed by atoms with E-state index in [-0.39, 0.29) is 11.4 Å². The van der Waals surface area contributed by atoms with Crippen molar-refractivity contribution in [2.45, 2.75) is 25.0 Å². The summed E-state index contributed by atoms with van der Waals surface area (Å²) >= 11 is 0. The zero-order valence-corrected chi connectivity index (χ0v) is 9.29. The number of piperidine rings is 1. The molecule has 2 fully saturated rings. The number of benzene rings is 1. The number of ether oxygens (including phenoxy) is 1. The summed E-state index contributed by atoms with van der Waals surface area (Å²) in [5.41, 5.74) is 1.44. The topological polar surface area (TPSA) is 15.8 Å². The number of epoxide rings is 1. The van der Waals surface area contributed by atoms with Gasteiger partial charge in [-0.2, -0.15) is 0 Å². The van der Waals surface area contributed by atoms with Crippen molar-refractivity contribution in [2.75, 3.05) is 19.7 Å². The molecule has 1 aromatic rings. The molecular formula is C13H16FNO. The molecule has 2 nitrogen and oxygen atoms in total. The Morgan fingerprint density at radius 2 is 1.81 bits per heavy atom. The molecule has 3 heteroatoms. The van der Waals surface area contributed by atoms with Crippen LogP contribution < -0.4 is 0 Å². The molecule has 0 aliphatic carbocycles. The van der Waals surface area contributed by atoms with E-state index in [1.165, 1.54) is 17.7 Å². The summed E-state index contributed by atoms with van der Waals surface area (Å²) in [6, 6.07) is 6.80. The van der Waals surface area contributed by atoms with Crippen molar-refractivity contribution in [3.05, 3.63) is 35.6 Å². The summed E-state index contributed by atoms with van der Waals surface area (Å²) in [5.74, 6) is -0.160. The van der Waals surface area contributed by atoms with Crippen molar-refractivity contribution in [1.29, 1.82) is 0 Å². The first-order valence-electron chi connectivity index (χ1n) is 5.87. The van der Waals surface area contributed by atoms with Gasteiger partial charge in [-0.05, 0) is 30.5 Å². The van der Waals surface area contributed by atoms with Gasteiger partial charge in [-0.25, -0.2) is 4.39 Å². The lowest BCUT2D eigenvalue weighted by atomic mass is 9.97. The third-order valence-corrected chi connectivity index (χ3v) is 3.64. The molecule has 0 bridgehead atoms. The minimum Gasteiger partial charge on any atom is -0.369 e. The van der Waals surface area contributed by atoms with E-state index in [9.17, 15) is 4.39 Å². The largest absolute Gasteiger partial charge is 0.369 e. The summed E-state index contributed by atoms with van der Waals surface area (Å²) in [6.45, 7) is 4.07. The van der Waals surface area contributed by atoms with Gasteiger partial charge in [0.15, 0.2) is 0 Å². The second-order valence-electron chi connectivity index (χ2n) is 4.87. The van der Waals surface area contributed by atoms with Crippen molar-refractivity contribution in [1.82, 2.24) is 4.90 Å². The average Bonchev–Trinajstić information content (AvgIpc) is 3.05. The molecule has 0 radical (unpaired) electrons. The van der Waals surface area contributed by atoms with Crippen LogP contribution in [0.15, 0.2) is 24.3 Å². The van der Waals surface area contributed by atoms with Gasteiger partial charge >= 0.3 is 0 Å². The van der Waals surface area contributed by atoms with Crippen LogP contribution in [-0.4, -0.2) is 30.2 Å². The van der Waals surface area contributed by atoms with Crippen LogP contribution in [0.2, 0.25) is 0 Å². The SMILES string of the molecule is Fc1ccc(CN2CCC3(CC2)CO3)cc1. The van der Waals surface area contributed by atoms with Gasteiger partial charge in [0, 0.05) is 19.6 Å². The van der Waals surface area contributed by atoms with Crippen molar-refractivity contribution in [3.63, 3.8) is 0 Å². The molecule has 0 saturated carbocycles. The highest BCUT2D eigenvalue weighted by atomic mass is 19.1. The van der Waals surface area contributed by atoms with E-state index in [1.807, 2.05) is 12.1 Å². The van der Waals surface area contributed by atoms with Gasteiger partial charge in [-0.3, -0.25) is 4.90 Å². The van der Waals surface area contributed by atoms with Gasteiger partial charge in [0.25, 0.3) is 0 Å². The van der Waals surface area contributed by atoms with Crippen LogP contribution in [0.4, 0.5) is 4.39 Å². The molecule has 0 unspecified atom stereocenters. The zero-order valence-electron chi connectivity index (χ0n) is 9.29. The molecule has 2 saturated heterocycles. The summed E-state index contributed by atoms with van der Waals surface area (Å²) in [4.78, 5) is 2.42. The Morgan fingerprint density at radius 1 is 1.19 bits per heavy atom. The Kier molecular flexibility index (Phi) is 2.45. The predicted molar refractivity (Wildman–Crippen MR) is 59.6 cm³/mol. The maximum Gasteiger partial charge on any atom is 0.123 e. The lowest BCUT2D eigenvalue weighted by Crippen LogP contribution is -2.37. The molecule has 0 amide bonds. The fourth-order valence-electron chi connectivity index (χ4n) is 2.36. The van der Waals surface area contributed by atoms with Crippen LogP contribution in [0.3, 0.4) is 0 Å². The van der Waals surface area contributed by atoms with Gasteiger partial charge in [0.05, 0.1) is 12.2 Å². The summed E-state index contributed by atoms with van der Waals surface area (Å²) in [7, 11) is 0. The highest BCUT2D eigenvalue weighted by Crippen LogP contribution is 2.37. The second-order valence-corrected chi connectivity index (χ2v) is 4.87. The first kappa shape index (κ1) is 10.2. The molecule has 0 N–H and O–H groups in total. The van der Waals surface area contributed by atoms with Crippen molar-refractivity contribution in [3.8, 4) is 0 Å². The highest BCUT2D eigenvalue weighted by molar-refractivity contribution is 5.16. The quantitative estimate of drug-likeness (QED) is 0.711. The normalized spacial score (nSPS) is 23.6. The molecule has 1 aromatic carbocycles. The first-order valence-corrected chi connectivity index (χ1v) is 5.87. The van der Waals surface area contributed by atoms with E-state index in [4.69, 9.17) is 4.74 Å². The minimum atomic E-state index is -0.160. The summed E-state index contributed by atoms with van der Waals surface area (Å²) < 4.78 is 18.2. The molecule has 86 valence electrons. The van der Waals surface area contributed by atoms with E-state index >= 15 is 0 Å².